The summed E-state index contributed by atoms with van der Waals surface area (Å²) >= 11 is 5.51. The largest absolute Gasteiger partial charge is 0.497 e. The Labute approximate surface area is 178 Å². The zero-order valence-electron chi connectivity index (χ0n) is 17.0. The van der Waals surface area contributed by atoms with Crippen LogP contribution in [0.2, 0.25) is 0 Å². The summed E-state index contributed by atoms with van der Waals surface area (Å²) in [6, 6.07) is 13.3. The number of nitrogens with one attached hydrogen (secondary N) is 1. The minimum absolute atomic E-state index is 0.395. The van der Waals surface area contributed by atoms with Crippen LogP contribution in [-0.2, 0) is 16.6 Å². The summed E-state index contributed by atoms with van der Waals surface area (Å²) in [4.78, 5) is 2.42. The number of thiocarbonyl (C=S) groups is 1. The second kappa shape index (κ2) is 9.11. The highest BCUT2D eigenvalue weighted by Gasteiger charge is 2.30. The summed E-state index contributed by atoms with van der Waals surface area (Å²) < 4.78 is 32.8. The molecule has 0 aromatic heterocycles. The minimum Gasteiger partial charge on any atom is -0.497 e. The predicted molar refractivity (Wildman–Crippen MR) is 119 cm³/mol. The standard InChI is InChI=1S/C21H27N3O3S2/c1-16-4-5-17(2)20(14-16)29(25,26)24-12-10-23(11-13-24)21(28)22-15-18-6-8-19(27-3)9-7-18/h4-9,14H,10-13,15H2,1-3H3,(H,22,28). The molecule has 0 spiro atoms. The zero-order chi connectivity index (χ0) is 21.0. The maximum Gasteiger partial charge on any atom is 0.243 e. The third kappa shape index (κ3) is 5.07. The van der Waals surface area contributed by atoms with Crippen molar-refractivity contribution < 1.29 is 13.2 Å². The van der Waals surface area contributed by atoms with E-state index in [9.17, 15) is 8.42 Å². The van der Waals surface area contributed by atoms with E-state index in [1.807, 2.05) is 55.1 Å². The van der Waals surface area contributed by atoms with Crippen LogP contribution in [0.4, 0.5) is 0 Å². The molecule has 0 aliphatic carbocycles. The second-order valence-electron chi connectivity index (χ2n) is 7.17. The predicted octanol–water partition coefficient (Wildman–Crippen LogP) is 2.69. The maximum atomic E-state index is 13.0. The van der Waals surface area contributed by atoms with Gasteiger partial charge in [-0.3, -0.25) is 0 Å². The number of benzene rings is 2. The van der Waals surface area contributed by atoms with Crippen molar-refractivity contribution in [3.05, 3.63) is 59.2 Å². The summed E-state index contributed by atoms with van der Waals surface area (Å²) in [6.45, 7) is 6.32. The van der Waals surface area contributed by atoms with Crippen molar-refractivity contribution in [3.63, 3.8) is 0 Å². The molecule has 29 heavy (non-hydrogen) atoms. The first-order valence-electron chi connectivity index (χ1n) is 9.54. The quantitative estimate of drug-likeness (QED) is 0.732. The summed E-state index contributed by atoms with van der Waals surface area (Å²) in [5, 5.41) is 3.90. The van der Waals surface area contributed by atoms with Gasteiger partial charge in [0.2, 0.25) is 10.0 Å². The Bertz CT molecular complexity index is 967. The van der Waals surface area contributed by atoms with E-state index in [4.69, 9.17) is 17.0 Å². The van der Waals surface area contributed by atoms with Crippen molar-refractivity contribution in [2.45, 2.75) is 25.3 Å². The average Bonchev–Trinajstić information content (AvgIpc) is 2.74. The number of piperazine rings is 1. The van der Waals surface area contributed by atoms with E-state index < -0.39 is 10.0 Å². The van der Waals surface area contributed by atoms with E-state index in [-0.39, 0.29) is 0 Å². The molecule has 8 heteroatoms. The van der Waals surface area contributed by atoms with Gasteiger partial charge in [0.25, 0.3) is 0 Å². The molecule has 2 aromatic carbocycles. The fourth-order valence-corrected chi connectivity index (χ4v) is 5.28. The molecule has 0 saturated carbocycles. The molecule has 1 aliphatic heterocycles. The number of methoxy groups -OCH3 is 1. The number of hydrogen-bond donors (Lipinski definition) is 1. The molecular weight excluding hydrogens is 406 g/mol. The molecule has 3 rings (SSSR count). The lowest BCUT2D eigenvalue weighted by molar-refractivity contribution is 0.264. The molecule has 6 nitrogen and oxygen atoms in total. The summed E-state index contributed by atoms with van der Waals surface area (Å²) in [5.41, 5.74) is 2.82. The average molecular weight is 434 g/mol. The number of hydrogen-bond acceptors (Lipinski definition) is 4. The first-order valence-corrected chi connectivity index (χ1v) is 11.4. The van der Waals surface area contributed by atoms with Crippen LogP contribution in [0.25, 0.3) is 0 Å². The van der Waals surface area contributed by atoms with Crippen molar-refractivity contribution in [2.75, 3.05) is 33.3 Å². The fourth-order valence-electron chi connectivity index (χ4n) is 3.29. The van der Waals surface area contributed by atoms with Gasteiger partial charge in [0, 0.05) is 32.7 Å². The van der Waals surface area contributed by atoms with Gasteiger partial charge in [0.1, 0.15) is 5.75 Å². The van der Waals surface area contributed by atoms with Crippen molar-refractivity contribution in [2.24, 2.45) is 0 Å². The number of nitrogens with zero attached hydrogens (tertiary/aromatic N) is 2. The Morgan fingerprint density at radius 3 is 2.34 bits per heavy atom. The molecule has 1 fully saturated rings. The first kappa shape index (κ1) is 21.5. The van der Waals surface area contributed by atoms with E-state index >= 15 is 0 Å². The van der Waals surface area contributed by atoms with Gasteiger partial charge in [-0.05, 0) is 61.0 Å². The van der Waals surface area contributed by atoms with Gasteiger partial charge in [-0.25, -0.2) is 8.42 Å². The molecule has 1 aliphatic rings. The van der Waals surface area contributed by atoms with E-state index in [1.165, 1.54) is 0 Å². The Morgan fingerprint density at radius 2 is 1.72 bits per heavy atom. The van der Waals surface area contributed by atoms with Gasteiger partial charge < -0.3 is 15.0 Å². The SMILES string of the molecule is COc1ccc(CNC(=S)N2CCN(S(=O)(=O)c3cc(C)ccc3C)CC2)cc1. The number of sulfonamides is 1. The van der Waals surface area contributed by atoms with Crippen LogP contribution in [0.5, 0.6) is 5.75 Å². The lowest BCUT2D eigenvalue weighted by atomic mass is 10.2. The molecule has 156 valence electrons. The summed E-state index contributed by atoms with van der Waals surface area (Å²) in [5.74, 6) is 0.817. The minimum atomic E-state index is -3.50. The summed E-state index contributed by atoms with van der Waals surface area (Å²) in [7, 11) is -1.85. The Morgan fingerprint density at radius 1 is 1.07 bits per heavy atom. The highest BCUT2D eigenvalue weighted by atomic mass is 32.2. The van der Waals surface area contributed by atoms with Crippen LogP contribution in [0.3, 0.4) is 0 Å². The highest BCUT2D eigenvalue weighted by molar-refractivity contribution is 7.89. The fraction of sp³-hybridized carbons (Fsp3) is 0.381. The molecule has 0 atom stereocenters. The Hall–Kier alpha value is -2.16. The van der Waals surface area contributed by atoms with E-state index in [0.29, 0.717) is 42.7 Å². The van der Waals surface area contributed by atoms with Gasteiger partial charge in [-0.2, -0.15) is 4.31 Å². The van der Waals surface area contributed by atoms with Crippen molar-refractivity contribution >= 4 is 27.4 Å². The third-order valence-corrected chi connectivity index (χ3v) is 7.53. The number of ether oxygens (including phenoxy) is 1. The number of aryl methyl sites for hydroxylation is 2. The smallest absolute Gasteiger partial charge is 0.243 e. The van der Waals surface area contributed by atoms with Crippen LogP contribution in [-0.4, -0.2) is 56.0 Å². The van der Waals surface area contributed by atoms with E-state index in [2.05, 4.69) is 5.32 Å². The van der Waals surface area contributed by atoms with E-state index in [1.54, 1.807) is 17.5 Å². The Kier molecular flexibility index (Phi) is 6.77. The molecule has 1 heterocycles. The molecule has 0 amide bonds. The normalized spacial score (nSPS) is 15.2. The monoisotopic (exact) mass is 433 g/mol. The van der Waals surface area contributed by atoms with Crippen LogP contribution in [0.15, 0.2) is 47.4 Å². The van der Waals surface area contributed by atoms with Crippen molar-refractivity contribution in [1.29, 1.82) is 0 Å². The lowest BCUT2D eigenvalue weighted by Gasteiger charge is -2.35. The lowest BCUT2D eigenvalue weighted by Crippen LogP contribution is -2.52. The molecular formula is C21H27N3O3S2. The Balaban J connectivity index is 1.56. The molecule has 0 unspecified atom stereocenters. The second-order valence-corrected chi connectivity index (χ2v) is 9.46. The first-order chi connectivity index (χ1) is 13.8. The van der Waals surface area contributed by atoms with Crippen molar-refractivity contribution in [3.8, 4) is 5.75 Å². The molecule has 2 aromatic rings. The van der Waals surface area contributed by atoms with Gasteiger partial charge in [-0.15, -0.1) is 0 Å². The van der Waals surface area contributed by atoms with Crippen LogP contribution in [0, 0.1) is 13.8 Å². The zero-order valence-corrected chi connectivity index (χ0v) is 18.6. The highest BCUT2D eigenvalue weighted by Crippen LogP contribution is 2.22. The molecule has 0 radical (unpaired) electrons. The van der Waals surface area contributed by atoms with Crippen LogP contribution < -0.4 is 10.1 Å². The third-order valence-electron chi connectivity index (χ3n) is 5.09. The van der Waals surface area contributed by atoms with E-state index in [0.717, 1.165) is 22.4 Å². The molecule has 0 bridgehead atoms. The molecule has 1 saturated heterocycles. The van der Waals surface area contributed by atoms with Crippen molar-refractivity contribution in [1.82, 2.24) is 14.5 Å². The van der Waals surface area contributed by atoms with Crippen LogP contribution >= 0.6 is 12.2 Å². The topological polar surface area (TPSA) is 61.9 Å². The number of rotatable bonds is 5. The van der Waals surface area contributed by atoms with Gasteiger partial charge in [0.15, 0.2) is 5.11 Å². The summed E-state index contributed by atoms with van der Waals surface area (Å²) in [6.07, 6.45) is 0. The van der Waals surface area contributed by atoms with Gasteiger partial charge in [0.05, 0.1) is 12.0 Å². The maximum absolute atomic E-state index is 13.0. The van der Waals surface area contributed by atoms with Crippen LogP contribution in [0.1, 0.15) is 16.7 Å². The van der Waals surface area contributed by atoms with Gasteiger partial charge in [-0.1, -0.05) is 24.3 Å². The van der Waals surface area contributed by atoms with Gasteiger partial charge >= 0.3 is 0 Å². The molecule has 1 N–H and O–H groups in total.